The molecule has 3 nitrogen and oxygen atoms in total. The van der Waals surface area contributed by atoms with Gasteiger partial charge in [-0.15, -0.1) is 0 Å². The van der Waals surface area contributed by atoms with Crippen molar-refractivity contribution < 1.29 is 9.50 Å². The molecule has 90 valence electrons. The number of nitrogens with zero attached hydrogens (tertiary/aromatic N) is 1. The Morgan fingerprint density at radius 1 is 1.11 bits per heavy atom. The fourth-order valence-corrected chi connectivity index (χ4v) is 2.05. The maximum Gasteiger partial charge on any atom is 0.138 e. The van der Waals surface area contributed by atoms with Crippen molar-refractivity contribution in [2.45, 2.75) is 6.61 Å². The number of aromatic nitrogens is 2. The predicted molar refractivity (Wildman–Crippen MR) is 67.4 cm³/mol. The van der Waals surface area contributed by atoms with Crippen molar-refractivity contribution in [2.24, 2.45) is 0 Å². The van der Waals surface area contributed by atoms with Gasteiger partial charge in [0.1, 0.15) is 11.6 Å². The molecule has 0 saturated heterocycles. The fourth-order valence-electron chi connectivity index (χ4n) is 2.05. The zero-order valence-electron chi connectivity index (χ0n) is 9.52. The third kappa shape index (κ3) is 1.67. The highest BCUT2D eigenvalue weighted by atomic mass is 19.1. The Bertz CT molecular complexity index is 706. The number of rotatable bonds is 2. The Morgan fingerprint density at radius 3 is 2.61 bits per heavy atom. The first-order chi connectivity index (χ1) is 8.79. The minimum absolute atomic E-state index is 0.0911. The molecule has 0 radical (unpaired) electrons. The molecule has 0 spiro atoms. The van der Waals surface area contributed by atoms with Crippen LogP contribution in [0, 0.1) is 5.82 Å². The number of hydrogen-bond donors (Lipinski definition) is 2. The summed E-state index contributed by atoms with van der Waals surface area (Å²) in [5.74, 6) is 0.388. The van der Waals surface area contributed by atoms with E-state index in [1.807, 2.05) is 12.1 Å². The van der Waals surface area contributed by atoms with E-state index in [1.54, 1.807) is 24.4 Å². The van der Waals surface area contributed by atoms with Crippen LogP contribution in [0.3, 0.4) is 0 Å². The molecular formula is C14H11FN2O. The van der Waals surface area contributed by atoms with Gasteiger partial charge in [0, 0.05) is 10.9 Å². The van der Waals surface area contributed by atoms with E-state index in [1.165, 1.54) is 6.07 Å². The summed E-state index contributed by atoms with van der Waals surface area (Å²) in [6.07, 6.45) is 1.58. The molecule has 0 bridgehead atoms. The minimum Gasteiger partial charge on any atom is -0.390 e. The van der Waals surface area contributed by atoms with E-state index in [0.717, 1.165) is 10.9 Å². The van der Waals surface area contributed by atoms with Crippen LogP contribution in [0.25, 0.3) is 22.2 Å². The van der Waals surface area contributed by atoms with Crippen LogP contribution in [-0.2, 0) is 6.61 Å². The normalized spacial score (nSPS) is 11.0. The molecule has 3 aromatic rings. The lowest BCUT2D eigenvalue weighted by atomic mass is 10.0. The van der Waals surface area contributed by atoms with Gasteiger partial charge in [-0.3, -0.25) is 0 Å². The molecule has 4 heteroatoms. The van der Waals surface area contributed by atoms with E-state index in [0.29, 0.717) is 16.9 Å². The molecule has 0 aliphatic heterocycles. The van der Waals surface area contributed by atoms with Gasteiger partial charge in [-0.1, -0.05) is 24.3 Å². The average molecular weight is 242 g/mol. The van der Waals surface area contributed by atoms with E-state index in [2.05, 4.69) is 9.97 Å². The maximum absolute atomic E-state index is 13.7. The number of halogens is 1. The topological polar surface area (TPSA) is 48.9 Å². The van der Waals surface area contributed by atoms with E-state index in [4.69, 9.17) is 5.11 Å². The van der Waals surface area contributed by atoms with Crippen LogP contribution in [-0.4, -0.2) is 15.1 Å². The number of aliphatic hydroxyl groups excluding tert-OH is 1. The molecule has 0 aliphatic carbocycles. The quantitative estimate of drug-likeness (QED) is 0.726. The van der Waals surface area contributed by atoms with Gasteiger partial charge in [0.05, 0.1) is 18.5 Å². The first kappa shape index (κ1) is 10.9. The SMILES string of the molecule is OCc1cnc(-c2ccc(F)c3ccccc23)[nH]1. The highest BCUT2D eigenvalue weighted by Gasteiger charge is 2.09. The summed E-state index contributed by atoms with van der Waals surface area (Å²) in [6.45, 7) is -0.0911. The van der Waals surface area contributed by atoms with Gasteiger partial charge in [-0.25, -0.2) is 9.37 Å². The van der Waals surface area contributed by atoms with Gasteiger partial charge < -0.3 is 10.1 Å². The zero-order chi connectivity index (χ0) is 12.5. The van der Waals surface area contributed by atoms with E-state index < -0.39 is 0 Å². The van der Waals surface area contributed by atoms with E-state index in [9.17, 15) is 4.39 Å². The Morgan fingerprint density at radius 2 is 1.89 bits per heavy atom. The summed E-state index contributed by atoms with van der Waals surface area (Å²) in [5, 5.41) is 10.4. The molecule has 0 fully saturated rings. The molecule has 0 aliphatic rings. The highest BCUT2D eigenvalue weighted by Crippen LogP contribution is 2.28. The van der Waals surface area contributed by atoms with Crippen molar-refractivity contribution in [3.63, 3.8) is 0 Å². The van der Waals surface area contributed by atoms with Crippen LogP contribution in [0.1, 0.15) is 5.69 Å². The third-order valence-electron chi connectivity index (χ3n) is 2.92. The number of nitrogens with one attached hydrogen (secondary N) is 1. The number of aliphatic hydroxyl groups is 1. The van der Waals surface area contributed by atoms with E-state index in [-0.39, 0.29) is 12.4 Å². The van der Waals surface area contributed by atoms with Crippen molar-refractivity contribution in [3.8, 4) is 11.4 Å². The number of H-pyrrole nitrogens is 1. The number of benzene rings is 2. The smallest absolute Gasteiger partial charge is 0.138 e. The fraction of sp³-hybridized carbons (Fsp3) is 0.0714. The molecule has 2 N–H and O–H groups in total. The van der Waals surface area contributed by atoms with Crippen molar-refractivity contribution in [2.75, 3.05) is 0 Å². The highest BCUT2D eigenvalue weighted by molar-refractivity contribution is 5.95. The molecule has 0 atom stereocenters. The molecule has 0 amide bonds. The van der Waals surface area contributed by atoms with Crippen molar-refractivity contribution in [3.05, 3.63) is 54.1 Å². The van der Waals surface area contributed by atoms with Crippen molar-refractivity contribution >= 4 is 10.8 Å². The molecular weight excluding hydrogens is 231 g/mol. The molecule has 3 rings (SSSR count). The molecule has 0 unspecified atom stereocenters. The monoisotopic (exact) mass is 242 g/mol. The number of hydrogen-bond acceptors (Lipinski definition) is 2. The number of fused-ring (bicyclic) bond motifs is 1. The van der Waals surface area contributed by atoms with Crippen LogP contribution in [0.15, 0.2) is 42.6 Å². The summed E-state index contributed by atoms with van der Waals surface area (Å²) in [6, 6.07) is 10.4. The molecule has 1 aromatic heterocycles. The second-order valence-corrected chi connectivity index (χ2v) is 4.06. The lowest BCUT2D eigenvalue weighted by Crippen LogP contribution is -1.87. The van der Waals surface area contributed by atoms with E-state index >= 15 is 0 Å². The maximum atomic E-state index is 13.7. The van der Waals surface area contributed by atoms with Gasteiger partial charge in [0.2, 0.25) is 0 Å². The Kier molecular flexibility index (Phi) is 2.57. The van der Waals surface area contributed by atoms with Gasteiger partial charge in [0.25, 0.3) is 0 Å². The van der Waals surface area contributed by atoms with Gasteiger partial charge in [-0.05, 0) is 17.5 Å². The van der Waals surface area contributed by atoms with Crippen molar-refractivity contribution in [1.29, 1.82) is 0 Å². The van der Waals surface area contributed by atoms with Gasteiger partial charge in [-0.2, -0.15) is 0 Å². The Balaban J connectivity index is 2.26. The summed E-state index contributed by atoms with van der Waals surface area (Å²) >= 11 is 0. The molecule has 2 aromatic carbocycles. The van der Waals surface area contributed by atoms with Gasteiger partial charge in [0.15, 0.2) is 0 Å². The van der Waals surface area contributed by atoms with Crippen LogP contribution in [0.4, 0.5) is 4.39 Å². The Labute approximate surface area is 103 Å². The molecule has 0 saturated carbocycles. The predicted octanol–water partition coefficient (Wildman–Crippen LogP) is 2.86. The number of imidazole rings is 1. The summed E-state index contributed by atoms with van der Waals surface area (Å²) < 4.78 is 13.7. The van der Waals surface area contributed by atoms with Crippen LogP contribution in [0.5, 0.6) is 0 Å². The van der Waals surface area contributed by atoms with Crippen molar-refractivity contribution in [1.82, 2.24) is 9.97 Å². The zero-order valence-corrected chi connectivity index (χ0v) is 9.52. The second-order valence-electron chi connectivity index (χ2n) is 4.06. The molecule has 1 heterocycles. The third-order valence-corrected chi connectivity index (χ3v) is 2.92. The average Bonchev–Trinajstić information content (AvgIpc) is 2.88. The van der Waals surface area contributed by atoms with Crippen LogP contribution < -0.4 is 0 Å². The summed E-state index contributed by atoms with van der Waals surface area (Å²) in [4.78, 5) is 7.21. The first-order valence-electron chi connectivity index (χ1n) is 5.62. The largest absolute Gasteiger partial charge is 0.390 e. The lowest BCUT2D eigenvalue weighted by molar-refractivity contribution is 0.277. The summed E-state index contributed by atoms with van der Waals surface area (Å²) in [7, 11) is 0. The minimum atomic E-state index is -0.247. The summed E-state index contributed by atoms with van der Waals surface area (Å²) in [5.41, 5.74) is 1.46. The standard InChI is InChI=1S/C14H11FN2O/c15-13-6-5-12(10-3-1-2-4-11(10)13)14-16-7-9(8-18)17-14/h1-7,18H,8H2,(H,16,17). The number of aromatic amines is 1. The second kappa shape index (κ2) is 4.23. The van der Waals surface area contributed by atoms with Gasteiger partial charge >= 0.3 is 0 Å². The first-order valence-corrected chi connectivity index (χ1v) is 5.62. The van der Waals surface area contributed by atoms with Crippen LogP contribution >= 0.6 is 0 Å². The van der Waals surface area contributed by atoms with Crippen LogP contribution in [0.2, 0.25) is 0 Å². The molecule has 18 heavy (non-hydrogen) atoms. The lowest BCUT2D eigenvalue weighted by Gasteiger charge is -2.04. The Hall–Kier alpha value is -2.20.